The first-order chi connectivity index (χ1) is 4.33. The van der Waals surface area contributed by atoms with E-state index in [1.165, 1.54) is 11.1 Å². The summed E-state index contributed by atoms with van der Waals surface area (Å²) in [5.74, 6) is 0. The van der Waals surface area contributed by atoms with Crippen LogP contribution in [0.25, 0.3) is 0 Å². The number of rotatable bonds is 1. The van der Waals surface area contributed by atoms with E-state index in [2.05, 4.69) is 26.0 Å². The molecule has 1 heteroatoms. The molecule has 0 fully saturated rings. The molecule has 0 amide bonds. The quantitative estimate of drug-likeness (QED) is 0.565. The van der Waals surface area contributed by atoms with Gasteiger partial charge < -0.3 is 6.92 Å². The summed E-state index contributed by atoms with van der Waals surface area (Å²) < 4.78 is 0. The number of hydrogen-bond acceptors (Lipinski definition) is 0. The fraction of sp³-hybridized carbons (Fsp3) is 0.222. The Kier molecular flexibility index (Phi) is 4.50. The summed E-state index contributed by atoms with van der Waals surface area (Å²) in [4.78, 5) is 0. The van der Waals surface area contributed by atoms with Crippen molar-refractivity contribution >= 4 is 0 Å². The van der Waals surface area contributed by atoms with Crippen LogP contribution in [0.1, 0.15) is 11.1 Å². The number of hydrogen-bond donors (Lipinski definition) is 0. The zero-order valence-corrected chi connectivity index (χ0v) is 7.49. The maximum absolute atomic E-state index is 3.77. The predicted molar refractivity (Wildman–Crippen MR) is 39.1 cm³/mol. The van der Waals surface area contributed by atoms with Crippen molar-refractivity contribution in [3.63, 3.8) is 0 Å². The molecule has 0 saturated heterocycles. The van der Waals surface area contributed by atoms with Crippen molar-refractivity contribution in [2.45, 2.75) is 13.3 Å². The molecule has 0 unspecified atom stereocenters. The maximum atomic E-state index is 3.77. The van der Waals surface area contributed by atoms with E-state index in [4.69, 9.17) is 0 Å². The van der Waals surface area contributed by atoms with E-state index in [9.17, 15) is 0 Å². The van der Waals surface area contributed by atoms with Crippen LogP contribution in [0.3, 0.4) is 0 Å². The molecule has 1 aromatic carbocycles. The minimum absolute atomic E-state index is 0. The van der Waals surface area contributed by atoms with Crippen molar-refractivity contribution in [2.75, 3.05) is 0 Å². The van der Waals surface area contributed by atoms with Crippen molar-refractivity contribution in [3.05, 3.63) is 42.3 Å². The second-order valence-corrected chi connectivity index (χ2v) is 2.14. The van der Waals surface area contributed by atoms with Gasteiger partial charge in [-0.25, -0.2) is 0 Å². The third kappa shape index (κ3) is 2.59. The summed E-state index contributed by atoms with van der Waals surface area (Å²) in [6.07, 6.45) is 0.835. The molecule has 0 atom stereocenters. The molecule has 0 aromatic heterocycles. The largest absolute Gasteiger partial charge is 2.00 e. The third-order valence-corrected chi connectivity index (χ3v) is 1.29. The minimum atomic E-state index is 0. The van der Waals surface area contributed by atoms with Crippen molar-refractivity contribution < 1.29 is 18.6 Å². The normalized spacial score (nSPS) is 8.60. The average Bonchev–Trinajstić information content (AvgIpc) is 1.88. The summed E-state index contributed by atoms with van der Waals surface area (Å²) in [7, 11) is 0. The van der Waals surface area contributed by atoms with Gasteiger partial charge in [-0.1, -0.05) is 6.92 Å². The van der Waals surface area contributed by atoms with Gasteiger partial charge in [-0.2, -0.15) is 41.8 Å². The van der Waals surface area contributed by atoms with Crippen LogP contribution in [0.5, 0.6) is 0 Å². The zero-order valence-electron chi connectivity index (χ0n) is 6.09. The van der Waals surface area contributed by atoms with Gasteiger partial charge in [0.25, 0.3) is 0 Å². The van der Waals surface area contributed by atoms with E-state index < -0.39 is 0 Å². The van der Waals surface area contributed by atoms with Crippen molar-refractivity contribution in [1.29, 1.82) is 0 Å². The van der Waals surface area contributed by atoms with E-state index >= 15 is 0 Å². The van der Waals surface area contributed by atoms with Gasteiger partial charge in [-0.15, -0.1) is 0 Å². The van der Waals surface area contributed by atoms with Crippen LogP contribution in [0, 0.1) is 19.9 Å². The molecule has 1 radical (unpaired) electrons. The molecule has 51 valence electrons. The van der Waals surface area contributed by atoms with Gasteiger partial charge in [0.2, 0.25) is 0 Å². The summed E-state index contributed by atoms with van der Waals surface area (Å²) in [6, 6.07) is 9.18. The maximum Gasteiger partial charge on any atom is 2.00 e. The molecule has 1 rings (SSSR count). The molecular formula is C9H10V. The molecule has 0 bridgehead atoms. The van der Waals surface area contributed by atoms with Crippen molar-refractivity contribution in [1.82, 2.24) is 0 Å². The van der Waals surface area contributed by atoms with Gasteiger partial charge >= 0.3 is 18.6 Å². The number of aryl methyl sites for hydroxylation is 1. The van der Waals surface area contributed by atoms with Crippen molar-refractivity contribution in [2.24, 2.45) is 0 Å². The third-order valence-electron chi connectivity index (χ3n) is 1.29. The van der Waals surface area contributed by atoms with Crippen LogP contribution in [-0.4, -0.2) is 0 Å². The van der Waals surface area contributed by atoms with Crippen LogP contribution < -0.4 is 0 Å². The van der Waals surface area contributed by atoms with Crippen LogP contribution in [0.4, 0.5) is 0 Å². The summed E-state index contributed by atoms with van der Waals surface area (Å²) >= 11 is 0. The molecule has 0 nitrogen and oxygen atoms in total. The Labute approximate surface area is 74.5 Å². The molecule has 1 aromatic rings. The first-order valence-corrected chi connectivity index (χ1v) is 3.09. The molecule has 0 aliphatic rings. The molecule has 0 aliphatic carbocycles. The van der Waals surface area contributed by atoms with Crippen LogP contribution >= 0.6 is 0 Å². The summed E-state index contributed by atoms with van der Waals surface area (Å²) in [6.45, 7) is 5.84. The molecule has 10 heavy (non-hydrogen) atoms. The SMILES string of the molecule is [CH2-]Cc1[c-]ccc(C)c1.[V+2]. The Morgan fingerprint density at radius 3 is 2.70 bits per heavy atom. The van der Waals surface area contributed by atoms with Gasteiger partial charge in [-0.3, -0.25) is 0 Å². The Morgan fingerprint density at radius 2 is 2.30 bits per heavy atom. The minimum Gasteiger partial charge on any atom is -0.341 e. The van der Waals surface area contributed by atoms with Crippen LogP contribution in [-0.2, 0) is 25.0 Å². The van der Waals surface area contributed by atoms with Gasteiger partial charge in [-0.05, 0) is 0 Å². The topological polar surface area (TPSA) is 0 Å². The predicted octanol–water partition coefficient (Wildman–Crippen LogP) is 2.17. The van der Waals surface area contributed by atoms with Crippen molar-refractivity contribution in [3.8, 4) is 0 Å². The fourth-order valence-electron chi connectivity index (χ4n) is 0.789. The van der Waals surface area contributed by atoms with E-state index in [0.29, 0.717) is 0 Å². The zero-order chi connectivity index (χ0) is 6.69. The molecule has 0 saturated carbocycles. The van der Waals surface area contributed by atoms with Gasteiger partial charge in [0.15, 0.2) is 0 Å². The fourth-order valence-corrected chi connectivity index (χ4v) is 0.789. The smallest absolute Gasteiger partial charge is 0.341 e. The van der Waals surface area contributed by atoms with Crippen LogP contribution in [0.15, 0.2) is 18.2 Å². The Balaban J connectivity index is 0.000000810. The molecule has 0 heterocycles. The molecule has 0 aliphatic heterocycles. The second kappa shape index (κ2) is 4.59. The van der Waals surface area contributed by atoms with Gasteiger partial charge in [0, 0.05) is 0 Å². The Morgan fingerprint density at radius 1 is 1.60 bits per heavy atom. The first kappa shape index (κ1) is 9.80. The summed E-state index contributed by atoms with van der Waals surface area (Å²) in [5.41, 5.74) is 2.47. The number of benzene rings is 1. The summed E-state index contributed by atoms with van der Waals surface area (Å²) in [5, 5.41) is 0. The van der Waals surface area contributed by atoms with Gasteiger partial charge in [0.1, 0.15) is 0 Å². The molecule has 0 spiro atoms. The first-order valence-electron chi connectivity index (χ1n) is 3.09. The monoisotopic (exact) mass is 169 g/mol. The molecular weight excluding hydrogens is 159 g/mol. The van der Waals surface area contributed by atoms with E-state index in [-0.39, 0.29) is 18.6 Å². The Bertz CT molecular complexity index is 194. The Hall–Kier alpha value is -0.196. The standard InChI is InChI=1S/C9H10.V/c1-3-9-6-4-5-8(2)7-9;/h4-5,7H,1,3H2,2H3;/q-2;+2. The second-order valence-electron chi connectivity index (χ2n) is 2.14. The molecule has 0 N–H and O–H groups in total. The van der Waals surface area contributed by atoms with Crippen LogP contribution in [0.2, 0.25) is 0 Å². The van der Waals surface area contributed by atoms with Gasteiger partial charge in [0.05, 0.1) is 0 Å². The van der Waals surface area contributed by atoms with E-state index in [0.717, 1.165) is 6.42 Å². The van der Waals surface area contributed by atoms with E-state index in [1.54, 1.807) is 0 Å². The van der Waals surface area contributed by atoms with E-state index in [1.807, 2.05) is 12.1 Å². The average molecular weight is 169 g/mol.